The first-order chi connectivity index (χ1) is 14.2. The van der Waals surface area contributed by atoms with E-state index < -0.39 is 11.3 Å². The molecule has 0 unspecified atom stereocenters. The summed E-state index contributed by atoms with van der Waals surface area (Å²) in [6.45, 7) is -2.03. The third-order valence-corrected chi connectivity index (χ3v) is 36.9. The molecule has 0 nitrogen and oxygen atoms in total. The van der Waals surface area contributed by atoms with Crippen molar-refractivity contribution in [3.63, 3.8) is 0 Å². The van der Waals surface area contributed by atoms with E-state index in [4.69, 9.17) is 6.30 Å². The van der Waals surface area contributed by atoms with Gasteiger partial charge in [-0.25, -0.2) is 0 Å². The summed E-state index contributed by atoms with van der Waals surface area (Å²) in [5.41, 5.74) is 0. The standard InChI is InChI=1S/C25H22P2S2/c1-26(22-14-6-2-7-15-22,23-16-8-3-9-17-23)27(28-29-27,24-18-10-4-11-19-24)25-20-12-5-13-21-25/h2-21H,1H2. The zero-order valence-electron chi connectivity index (χ0n) is 16.0. The van der Waals surface area contributed by atoms with E-state index in [0.717, 1.165) is 0 Å². The molecule has 144 valence electrons. The second kappa shape index (κ2) is 7.22. The van der Waals surface area contributed by atoms with Crippen molar-refractivity contribution >= 4 is 59.6 Å². The third-order valence-electron chi connectivity index (χ3n) is 5.70. The Hall–Kier alpha value is -1.69. The topological polar surface area (TPSA) is 0 Å². The Labute approximate surface area is 180 Å². The SMILES string of the molecule is C=P(c1ccccc1)(c1ccccc1)P1(c2ccccc2)(c2ccccc2)SS1. The van der Waals surface area contributed by atoms with E-state index in [0.29, 0.717) is 0 Å². The van der Waals surface area contributed by atoms with Gasteiger partial charge in [-0.3, -0.25) is 0 Å². The molecule has 1 aliphatic rings. The molecular weight excluding hydrogens is 426 g/mol. The molecule has 0 saturated carbocycles. The molecule has 1 saturated heterocycles. The first-order valence-corrected chi connectivity index (χ1v) is 17.9. The molecule has 1 heterocycles. The fraction of sp³-hybridized carbons (Fsp3) is 0. The predicted octanol–water partition coefficient (Wildman–Crippen LogP) is 6.43. The van der Waals surface area contributed by atoms with Gasteiger partial charge in [-0.1, -0.05) is 0 Å². The molecule has 0 atom stereocenters. The molecule has 4 heteroatoms. The van der Waals surface area contributed by atoms with E-state index in [1.807, 2.05) is 0 Å². The monoisotopic (exact) mass is 448 g/mol. The van der Waals surface area contributed by atoms with Crippen molar-refractivity contribution in [2.75, 3.05) is 0 Å². The molecule has 0 aliphatic carbocycles. The number of benzene rings is 4. The van der Waals surface area contributed by atoms with E-state index in [1.165, 1.54) is 21.2 Å². The van der Waals surface area contributed by atoms with E-state index in [1.54, 1.807) is 0 Å². The van der Waals surface area contributed by atoms with Crippen molar-refractivity contribution in [2.24, 2.45) is 0 Å². The normalized spacial score (nSPS) is 18.3. The second-order valence-electron chi connectivity index (χ2n) is 7.18. The quantitative estimate of drug-likeness (QED) is 0.196. The fourth-order valence-electron chi connectivity index (χ4n) is 4.18. The number of hydrogen-bond acceptors (Lipinski definition) is 2. The van der Waals surface area contributed by atoms with E-state index in [9.17, 15) is 0 Å². The van der Waals surface area contributed by atoms with Crippen molar-refractivity contribution < 1.29 is 0 Å². The van der Waals surface area contributed by atoms with Crippen LogP contribution in [-0.2, 0) is 0 Å². The zero-order chi connectivity index (χ0) is 19.8. The number of hydrogen-bond donors (Lipinski definition) is 0. The first kappa shape index (κ1) is 19.3. The molecule has 0 aromatic heterocycles. The van der Waals surface area contributed by atoms with Gasteiger partial charge in [0.25, 0.3) is 0 Å². The van der Waals surface area contributed by atoms with Crippen LogP contribution < -0.4 is 21.2 Å². The van der Waals surface area contributed by atoms with Crippen LogP contribution in [0.2, 0.25) is 0 Å². The van der Waals surface area contributed by atoms with Gasteiger partial charge in [0.15, 0.2) is 0 Å². The summed E-state index contributed by atoms with van der Waals surface area (Å²) in [7, 11) is 4.20. The van der Waals surface area contributed by atoms with Crippen LogP contribution in [-0.4, -0.2) is 6.30 Å². The van der Waals surface area contributed by atoms with Crippen LogP contribution in [0.15, 0.2) is 121 Å². The van der Waals surface area contributed by atoms with Gasteiger partial charge in [0, 0.05) is 0 Å². The molecule has 29 heavy (non-hydrogen) atoms. The Morgan fingerprint density at radius 2 is 0.793 bits per heavy atom. The van der Waals surface area contributed by atoms with Crippen molar-refractivity contribution in [2.45, 2.75) is 0 Å². The zero-order valence-corrected chi connectivity index (χ0v) is 19.4. The molecular formula is C25H22P2S2. The van der Waals surface area contributed by atoms with Crippen LogP contribution in [0.1, 0.15) is 0 Å². The van der Waals surface area contributed by atoms with Gasteiger partial charge in [-0.15, -0.1) is 0 Å². The van der Waals surface area contributed by atoms with E-state index in [-0.39, 0.29) is 0 Å². The third kappa shape index (κ3) is 2.60. The molecule has 0 N–H and O–H groups in total. The maximum atomic E-state index is 5.20. The summed E-state index contributed by atoms with van der Waals surface area (Å²) >= 11 is 0. The Bertz CT molecular complexity index is 1090. The first-order valence-electron chi connectivity index (χ1n) is 9.59. The minimum atomic E-state index is -2.67. The molecule has 0 radical (unpaired) electrons. The van der Waals surface area contributed by atoms with Crippen molar-refractivity contribution in [1.29, 1.82) is 0 Å². The van der Waals surface area contributed by atoms with Crippen molar-refractivity contribution in [3.05, 3.63) is 121 Å². The molecule has 0 amide bonds. The summed E-state index contributed by atoms with van der Waals surface area (Å²) in [6, 6.07) is 44.4. The summed E-state index contributed by atoms with van der Waals surface area (Å²) in [4.78, 5) is 0. The second-order valence-corrected chi connectivity index (χ2v) is 27.6. The molecule has 4 aromatic rings. The Kier molecular flexibility index (Phi) is 4.80. The maximum absolute atomic E-state index is 5.20. The summed E-state index contributed by atoms with van der Waals surface area (Å²) in [5.74, 6) is 0. The Morgan fingerprint density at radius 3 is 1.10 bits per heavy atom. The average Bonchev–Trinajstić information content (AvgIpc) is 3.60. The minimum absolute atomic E-state index is 1.38. The number of rotatable bonds is 5. The average molecular weight is 449 g/mol. The summed E-state index contributed by atoms with van der Waals surface area (Å²) in [6.07, 6.45) is 5.20. The van der Waals surface area contributed by atoms with Gasteiger partial charge >= 0.3 is 181 Å². The van der Waals surface area contributed by atoms with Crippen LogP contribution in [0.5, 0.6) is 0 Å². The molecule has 0 bridgehead atoms. The molecule has 1 fully saturated rings. The van der Waals surface area contributed by atoms with Crippen LogP contribution >= 0.6 is 32.1 Å². The van der Waals surface area contributed by atoms with Gasteiger partial charge in [-0.2, -0.15) is 0 Å². The van der Waals surface area contributed by atoms with Crippen LogP contribution in [0, 0.1) is 0 Å². The molecule has 4 aromatic carbocycles. The molecule has 1 aliphatic heterocycles. The summed E-state index contributed by atoms with van der Waals surface area (Å²) in [5, 5.41) is 5.68. The van der Waals surface area contributed by atoms with E-state index in [2.05, 4.69) is 142 Å². The van der Waals surface area contributed by atoms with Gasteiger partial charge < -0.3 is 0 Å². The van der Waals surface area contributed by atoms with Gasteiger partial charge in [0.1, 0.15) is 0 Å². The summed E-state index contributed by atoms with van der Waals surface area (Å²) < 4.78 is -2.67. The van der Waals surface area contributed by atoms with Crippen molar-refractivity contribution in [1.82, 2.24) is 0 Å². The molecule has 0 spiro atoms. The Balaban J connectivity index is 1.95. The fourth-order valence-corrected chi connectivity index (χ4v) is 40.3. The van der Waals surface area contributed by atoms with Gasteiger partial charge in [-0.05, 0) is 0 Å². The molecule has 5 rings (SSSR count). The van der Waals surface area contributed by atoms with Crippen LogP contribution in [0.4, 0.5) is 0 Å². The van der Waals surface area contributed by atoms with Crippen molar-refractivity contribution in [3.8, 4) is 0 Å². The van der Waals surface area contributed by atoms with Crippen LogP contribution in [0.25, 0.3) is 0 Å². The van der Waals surface area contributed by atoms with Gasteiger partial charge in [0.05, 0.1) is 0 Å². The van der Waals surface area contributed by atoms with E-state index >= 15 is 0 Å². The van der Waals surface area contributed by atoms with Gasteiger partial charge in [0.2, 0.25) is 0 Å². The Morgan fingerprint density at radius 1 is 0.483 bits per heavy atom. The van der Waals surface area contributed by atoms with Crippen LogP contribution in [0.3, 0.4) is 0 Å². The predicted molar refractivity (Wildman–Crippen MR) is 140 cm³/mol.